The second-order valence-corrected chi connectivity index (χ2v) is 4.84. The van der Waals surface area contributed by atoms with Crippen LogP contribution in [0.15, 0.2) is 18.2 Å². The molecule has 1 aliphatic carbocycles. The Morgan fingerprint density at radius 3 is 2.68 bits per heavy atom. The van der Waals surface area contributed by atoms with E-state index < -0.39 is 0 Å². The van der Waals surface area contributed by atoms with Crippen LogP contribution in [0.3, 0.4) is 0 Å². The van der Waals surface area contributed by atoms with E-state index in [4.69, 9.17) is 14.2 Å². The fraction of sp³-hybridized carbons (Fsp3) is 0.600. The van der Waals surface area contributed by atoms with Crippen molar-refractivity contribution in [2.24, 2.45) is 0 Å². The van der Waals surface area contributed by atoms with Gasteiger partial charge < -0.3 is 19.5 Å². The van der Waals surface area contributed by atoms with Crippen molar-refractivity contribution in [2.45, 2.75) is 31.8 Å². The highest BCUT2D eigenvalue weighted by atomic mass is 16.5. The Morgan fingerprint density at radius 2 is 2.00 bits per heavy atom. The normalized spacial score (nSPS) is 14.4. The molecule has 19 heavy (non-hydrogen) atoms. The summed E-state index contributed by atoms with van der Waals surface area (Å²) in [5.74, 6) is 1.60. The van der Waals surface area contributed by atoms with Crippen LogP contribution in [-0.2, 0) is 11.3 Å². The van der Waals surface area contributed by atoms with Gasteiger partial charge in [-0.2, -0.15) is 0 Å². The van der Waals surface area contributed by atoms with E-state index in [0.717, 1.165) is 30.5 Å². The summed E-state index contributed by atoms with van der Waals surface area (Å²) in [4.78, 5) is 0. The summed E-state index contributed by atoms with van der Waals surface area (Å²) < 4.78 is 16.1. The number of benzene rings is 1. The van der Waals surface area contributed by atoms with Gasteiger partial charge in [0.25, 0.3) is 0 Å². The largest absolute Gasteiger partial charge is 0.493 e. The van der Waals surface area contributed by atoms with E-state index in [2.05, 4.69) is 11.4 Å². The average Bonchev–Trinajstić information content (AvgIpc) is 3.26. The molecule has 0 amide bonds. The molecule has 1 saturated carbocycles. The first-order valence-electron chi connectivity index (χ1n) is 6.85. The molecule has 1 aromatic carbocycles. The van der Waals surface area contributed by atoms with Gasteiger partial charge in [0.05, 0.1) is 13.7 Å². The first kappa shape index (κ1) is 14.2. The third-order valence-electron chi connectivity index (χ3n) is 3.15. The third kappa shape index (κ3) is 4.73. The van der Waals surface area contributed by atoms with Gasteiger partial charge in [0.1, 0.15) is 0 Å². The lowest BCUT2D eigenvalue weighted by atomic mass is 10.2. The van der Waals surface area contributed by atoms with Gasteiger partial charge in [0, 0.05) is 32.7 Å². The Kier molecular flexibility index (Phi) is 5.48. The van der Waals surface area contributed by atoms with E-state index in [1.54, 1.807) is 14.2 Å². The van der Waals surface area contributed by atoms with Gasteiger partial charge in [0.15, 0.2) is 11.5 Å². The van der Waals surface area contributed by atoms with E-state index in [-0.39, 0.29) is 0 Å². The van der Waals surface area contributed by atoms with Crippen LogP contribution >= 0.6 is 0 Å². The lowest BCUT2D eigenvalue weighted by Crippen LogP contribution is -2.15. The molecule has 106 valence electrons. The van der Waals surface area contributed by atoms with Gasteiger partial charge in [-0.15, -0.1) is 0 Å². The quantitative estimate of drug-likeness (QED) is 0.696. The van der Waals surface area contributed by atoms with Crippen LogP contribution in [0.1, 0.15) is 24.8 Å². The molecule has 0 spiro atoms. The molecular formula is C15H23NO3. The zero-order valence-corrected chi connectivity index (χ0v) is 11.8. The summed E-state index contributed by atoms with van der Waals surface area (Å²) in [5, 5.41) is 3.49. The summed E-state index contributed by atoms with van der Waals surface area (Å²) in [6, 6.07) is 6.83. The summed E-state index contributed by atoms with van der Waals surface area (Å²) in [7, 11) is 3.37. The van der Waals surface area contributed by atoms with Crippen molar-refractivity contribution >= 4 is 0 Å². The molecule has 2 rings (SSSR count). The maximum absolute atomic E-state index is 5.70. The fourth-order valence-corrected chi connectivity index (χ4v) is 1.88. The molecule has 1 aromatic rings. The van der Waals surface area contributed by atoms with Crippen molar-refractivity contribution in [3.05, 3.63) is 23.8 Å². The number of hydrogen-bond acceptors (Lipinski definition) is 4. The van der Waals surface area contributed by atoms with Crippen molar-refractivity contribution in [1.82, 2.24) is 5.32 Å². The molecule has 1 N–H and O–H groups in total. The molecule has 0 heterocycles. The van der Waals surface area contributed by atoms with Gasteiger partial charge >= 0.3 is 0 Å². The minimum Gasteiger partial charge on any atom is -0.493 e. The molecule has 4 heteroatoms. The molecule has 0 saturated heterocycles. The van der Waals surface area contributed by atoms with Gasteiger partial charge in [0.2, 0.25) is 0 Å². The number of methoxy groups -OCH3 is 2. The van der Waals surface area contributed by atoms with Crippen LogP contribution in [0.25, 0.3) is 0 Å². The van der Waals surface area contributed by atoms with Crippen LogP contribution in [0.4, 0.5) is 0 Å². The zero-order chi connectivity index (χ0) is 13.5. The highest BCUT2D eigenvalue weighted by Crippen LogP contribution is 2.28. The van der Waals surface area contributed by atoms with E-state index in [1.807, 2.05) is 12.1 Å². The second kappa shape index (κ2) is 7.36. The topological polar surface area (TPSA) is 39.7 Å². The van der Waals surface area contributed by atoms with E-state index in [0.29, 0.717) is 13.2 Å². The predicted molar refractivity (Wildman–Crippen MR) is 74.8 cm³/mol. The van der Waals surface area contributed by atoms with Gasteiger partial charge in [-0.05, 0) is 30.5 Å². The van der Waals surface area contributed by atoms with Crippen LogP contribution in [0.2, 0.25) is 0 Å². The zero-order valence-electron chi connectivity index (χ0n) is 11.8. The van der Waals surface area contributed by atoms with Crippen molar-refractivity contribution in [3.8, 4) is 11.5 Å². The number of hydrogen-bond donors (Lipinski definition) is 1. The fourth-order valence-electron chi connectivity index (χ4n) is 1.88. The number of ether oxygens (including phenoxy) is 3. The minimum absolute atomic E-state index is 0.643. The Bertz CT molecular complexity index is 391. The summed E-state index contributed by atoms with van der Waals surface area (Å²) in [5.41, 5.74) is 1.23. The maximum Gasteiger partial charge on any atom is 0.161 e. The monoisotopic (exact) mass is 265 g/mol. The second-order valence-electron chi connectivity index (χ2n) is 4.84. The van der Waals surface area contributed by atoms with Crippen LogP contribution in [0.5, 0.6) is 11.5 Å². The molecule has 1 aliphatic rings. The molecule has 4 nitrogen and oxygen atoms in total. The van der Waals surface area contributed by atoms with Crippen LogP contribution < -0.4 is 14.8 Å². The van der Waals surface area contributed by atoms with Crippen molar-refractivity contribution in [3.63, 3.8) is 0 Å². The Labute approximate surface area is 115 Å². The van der Waals surface area contributed by atoms with Crippen molar-refractivity contribution < 1.29 is 14.2 Å². The minimum atomic E-state index is 0.643. The average molecular weight is 265 g/mol. The molecule has 0 bridgehead atoms. The summed E-state index contributed by atoms with van der Waals surface area (Å²) in [6.45, 7) is 2.25. The molecule has 0 aliphatic heterocycles. The summed E-state index contributed by atoms with van der Waals surface area (Å²) in [6.07, 6.45) is 3.49. The first-order chi connectivity index (χ1) is 9.33. The SMILES string of the molecule is COCCCOc1ccc(CNC2CC2)cc1OC. The standard InChI is InChI=1S/C15H23NO3/c1-17-8-3-9-19-14-7-4-12(10-15(14)18-2)11-16-13-5-6-13/h4,7,10,13,16H,3,5-6,8-9,11H2,1-2H3. The van der Waals surface area contributed by atoms with Gasteiger partial charge in [-0.3, -0.25) is 0 Å². The molecule has 0 radical (unpaired) electrons. The van der Waals surface area contributed by atoms with Gasteiger partial charge in [-0.1, -0.05) is 6.07 Å². The Hall–Kier alpha value is -1.26. The maximum atomic E-state index is 5.70. The van der Waals surface area contributed by atoms with E-state index in [9.17, 15) is 0 Å². The highest BCUT2D eigenvalue weighted by Gasteiger charge is 2.20. The van der Waals surface area contributed by atoms with Crippen LogP contribution in [-0.4, -0.2) is 33.5 Å². The van der Waals surface area contributed by atoms with Crippen LogP contribution in [0, 0.1) is 0 Å². The van der Waals surface area contributed by atoms with E-state index >= 15 is 0 Å². The first-order valence-corrected chi connectivity index (χ1v) is 6.85. The van der Waals surface area contributed by atoms with E-state index in [1.165, 1.54) is 18.4 Å². The third-order valence-corrected chi connectivity index (χ3v) is 3.15. The molecule has 1 fully saturated rings. The number of rotatable bonds is 9. The Balaban J connectivity index is 1.86. The summed E-state index contributed by atoms with van der Waals surface area (Å²) >= 11 is 0. The Morgan fingerprint density at radius 1 is 1.16 bits per heavy atom. The lowest BCUT2D eigenvalue weighted by Gasteiger charge is -2.12. The van der Waals surface area contributed by atoms with Crippen molar-refractivity contribution in [1.29, 1.82) is 0 Å². The lowest BCUT2D eigenvalue weighted by molar-refractivity contribution is 0.170. The predicted octanol–water partition coefficient (Wildman–Crippen LogP) is 2.36. The molecule has 0 atom stereocenters. The molecule has 0 aromatic heterocycles. The van der Waals surface area contributed by atoms with Gasteiger partial charge in [-0.25, -0.2) is 0 Å². The smallest absolute Gasteiger partial charge is 0.161 e. The highest BCUT2D eigenvalue weighted by molar-refractivity contribution is 5.43. The number of nitrogens with one attached hydrogen (secondary N) is 1. The molecular weight excluding hydrogens is 242 g/mol. The molecule has 0 unspecified atom stereocenters. The van der Waals surface area contributed by atoms with Crippen molar-refractivity contribution in [2.75, 3.05) is 27.4 Å².